The van der Waals surface area contributed by atoms with E-state index in [0.29, 0.717) is 0 Å². The number of rotatable bonds is 7. The minimum Gasteiger partial charge on any atom is -0.311 e. The molecule has 5 heteroatoms. The summed E-state index contributed by atoms with van der Waals surface area (Å²) in [6, 6.07) is 121. The number of fused-ring (bicyclic) bond motifs is 20. The summed E-state index contributed by atoms with van der Waals surface area (Å²) in [5, 5.41) is 5.05. The molecule has 17 aromatic rings. The van der Waals surface area contributed by atoms with Crippen molar-refractivity contribution in [2.45, 2.75) is 136 Å². The first kappa shape index (κ1) is 71.7. The monoisotopic (exact) mass is 1510 g/mol. The van der Waals surface area contributed by atoms with Crippen LogP contribution in [0, 0.1) is 0 Å². The van der Waals surface area contributed by atoms with Crippen LogP contribution in [0.5, 0.6) is 0 Å². The lowest BCUT2D eigenvalue weighted by molar-refractivity contribution is 0.569. The number of nitrogens with zero attached hydrogens (tertiary/aromatic N) is 3. The van der Waals surface area contributed by atoms with Crippen LogP contribution in [0.1, 0.15) is 154 Å². The lowest BCUT2D eigenvalue weighted by Crippen LogP contribution is -2.61. The highest BCUT2D eigenvalue weighted by Crippen LogP contribution is 2.65. The summed E-state index contributed by atoms with van der Waals surface area (Å²) in [7, 11) is 0. The molecule has 0 amide bonds. The van der Waals surface area contributed by atoms with Gasteiger partial charge in [-0.25, -0.2) is 0 Å². The molecular weight excluding hydrogens is 1420 g/mol. The van der Waals surface area contributed by atoms with Crippen molar-refractivity contribution < 1.29 is 0 Å². The van der Waals surface area contributed by atoms with E-state index in [-0.39, 0.29) is 33.8 Å². The van der Waals surface area contributed by atoms with Crippen molar-refractivity contribution in [3.8, 4) is 72.4 Å². The number of thiophene rings is 1. The van der Waals surface area contributed by atoms with Gasteiger partial charge in [0.2, 0.25) is 0 Å². The highest BCUT2D eigenvalue weighted by atomic mass is 32.1. The maximum Gasteiger partial charge on any atom is 0.252 e. The van der Waals surface area contributed by atoms with Crippen molar-refractivity contribution in [2.75, 3.05) is 9.80 Å². The molecule has 2 aromatic heterocycles. The van der Waals surface area contributed by atoms with Crippen molar-refractivity contribution in [1.29, 1.82) is 0 Å². The van der Waals surface area contributed by atoms with E-state index in [1.165, 1.54) is 192 Å². The van der Waals surface area contributed by atoms with Crippen LogP contribution in [-0.2, 0) is 32.5 Å². The van der Waals surface area contributed by atoms with Crippen molar-refractivity contribution >= 4 is 111 Å². The minimum atomic E-state index is -0.532. The summed E-state index contributed by atoms with van der Waals surface area (Å²) in [5.41, 5.74) is 40.1. The molecule has 4 aliphatic rings. The largest absolute Gasteiger partial charge is 0.311 e. The van der Waals surface area contributed by atoms with Crippen LogP contribution in [0.25, 0.3) is 114 Å². The zero-order chi connectivity index (χ0) is 79.6. The van der Waals surface area contributed by atoms with Gasteiger partial charge in [-0.1, -0.05) is 340 Å². The predicted octanol–water partition coefficient (Wildman–Crippen LogP) is 28.7. The number of hydrogen-bond donors (Lipinski definition) is 0. The highest BCUT2D eigenvalue weighted by Gasteiger charge is 2.53. The summed E-state index contributed by atoms with van der Waals surface area (Å²) < 4.78 is 5.11. The number of anilines is 6. The Morgan fingerprint density at radius 1 is 0.259 bits per heavy atom. The number of aromatic nitrogens is 1. The van der Waals surface area contributed by atoms with Crippen LogP contribution in [-0.4, -0.2) is 11.3 Å². The quantitative estimate of drug-likeness (QED) is 0.147. The minimum absolute atomic E-state index is 0.0557. The molecule has 0 saturated carbocycles. The Bertz CT molecular complexity index is 6820. The highest BCUT2D eigenvalue weighted by molar-refractivity contribution is 7.27. The Kier molecular flexibility index (Phi) is 15.8. The second-order valence-corrected chi connectivity index (χ2v) is 39.4. The molecule has 21 rings (SSSR count). The average Bonchev–Trinajstić information content (AvgIpc) is 1.39. The summed E-state index contributed by atoms with van der Waals surface area (Å²) in [6.07, 6.45) is 0. The maximum absolute atomic E-state index is 2.74. The van der Waals surface area contributed by atoms with E-state index in [1.54, 1.807) is 0 Å². The zero-order valence-electron chi connectivity index (χ0n) is 69.3. The third-order valence-corrected chi connectivity index (χ3v) is 27.4. The van der Waals surface area contributed by atoms with Gasteiger partial charge in [0.25, 0.3) is 6.71 Å². The van der Waals surface area contributed by atoms with Gasteiger partial charge in [0.15, 0.2) is 0 Å². The van der Waals surface area contributed by atoms with Crippen molar-refractivity contribution in [3.63, 3.8) is 0 Å². The van der Waals surface area contributed by atoms with E-state index in [4.69, 9.17) is 0 Å². The van der Waals surface area contributed by atoms with E-state index >= 15 is 0 Å². The summed E-state index contributed by atoms with van der Waals surface area (Å²) in [6.45, 7) is 35.2. The molecule has 0 radical (unpaired) electrons. The number of benzene rings is 15. The van der Waals surface area contributed by atoms with Gasteiger partial charge in [-0.15, -0.1) is 11.3 Å². The maximum atomic E-state index is 2.74. The average molecular weight is 1510 g/mol. The van der Waals surface area contributed by atoms with Gasteiger partial charge in [-0.2, -0.15) is 0 Å². The molecule has 3 nitrogen and oxygen atoms in total. The van der Waals surface area contributed by atoms with Gasteiger partial charge in [0.1, 0.15) is 0 Å². The standard InChI is InChI=1S/C111H96BN3S/c1-106(2,3)72-49-55-95-87(62-72)88-63-73(107(4,5)6)50-56-96(88)113(95)77-51-53-93-99(66-77)115(97-46-30-42-85-84-41-29-40-83(104(84)116-105(85)97)82-39-28-38-81-80-37-24-27-45-91(80)111(102(81)82)89-43-25-22-35-78(89)79-36-23-26-44-90(79)111)101-65-76(110(13,14)15)64-100-103(101)112(93)92-52-47-70(71-57-74(108(7,8)9)61-75(58-71)109(10,11)12)60-98(92)114(100)94-54-48-69(67-31-18-16-19-32-67)59-86(94)68-33-20-17-21-34-68/h16-66H,1-15H3. The lowest BCUT2D eigenvalue weighted by Gasteiger charge is -2.45. The van der Waals surface area contributed by atoms with Crippen LogP contribution in [0.4, 0.5) is 34.1 Å². The van der Waals surface area contributed by atoms with Crippen molar-refractivity contribution in [1.82, 2.24) is 4.57 Å². The van der Waals surface area contributed by atoms with E-state index in [2.05, 4.69) is 428 Å². The topological polar surface area (TPSA) is 11.4 Å². The van der Waals surface area contributed by atoms with Crippen LogP contribution < -0.4 is 26.2 Å². The fourth-order valence-corrected chi connectivity index (χ4v) is 21.4. The van der Waals surface area contributed by atoms with Crippen LogP contribution >= 0.6 is 11.3 Å². The zero-order valence-corrected chi connectivity index (χ0v) is 70.1. The first-order valence-corrected chi connectivity index (χ1v) is 42.5. The van der Waals surface area contributed by atoms with Gasteiger partial charge in [0, 0.05) is 60.2 Å². The molecule has 116 heavy (non-hydrogen) atoms. The van der Waals surface area contributed by atoms with E-state index in [1.807, 2.05) is 11.3 Å². The van der Waals surface area contributed by atoms with Crippen molar-refractivity contribution in [2.24, 2.45) is 0 Å². The van der Waals surface area contributed by atoms with Gasteiger partial charge in [0.05, 0.1) is 32.5 Å². The number of hydrogen-bond acceptors (Lipinski definition) is 3. The Hall–Kier alpha value is -12.0. The van der Waals surface area contributed by atoms with Gasteiger partial charge in [-0.3, -0.25) is 0 Å². The Morgan fingerprint density at radius 2 is 0.698 bits per heavy atom. The molecular formula is C111H96BN3S. The molecule has 15 aromatic carbocycles. The smallest absolute Gasteiger partial charge is 0.252 e. The molecule has 2 aliphatic carbocycles. The predicted molar refractivity (Wildman–Crippen MR) is 499 cm³/mol. The molecule has 2 aliphatic heterocycles. The molecule has 564 valence electrons. The van der Waals surface area contributed by atoms with Crippen LogP contribution in [0.15, 0.2) is 309 Å². The Balaban J connectivity index is 0.868. The van der Waals surface area contributed by atoms with Crippen LogP contribution in [0.3, 0.4) is 0 Å². The van der Waals surface area contributed by atoms with Gasteiger partial charge < -0.3 is 14.4 Å². The van der Waals surface area contributed by atoms with E-state index < -0.39 is 5.41 Å². The normalized spacial score (nSPS) is 14.0. The first-order chi connectivity index (χ1) is 55.7. The van der Waals surface area contributed by atoms with Crippen LogP contribution in [0.2, 0.25) is 0 Å². The Labute approximate surface area is 688 Å². The van der Waals surface area contributed by atoms with E-state index in [0.717, 1.165) is 22.6 Å². The summed E-state index contributed by atoms with van der Waals surface area (Å²) >= 11 is 1.96. The molecule has 0 N–H and O–H groups in total. The lowest BCUT2D eigenvalue weighted by atomic mass is 9.33. The summed E-state index contributed by atoms with van der Waals surface area (Å²) in [5.74, 6) is 0. The molecule has 0 unspecified atom stereocenters. The SMILES string of the molecule is CC(C)(C)c1cc(-c2ccc3c(c2)N(c2ccc(-c4ccccc4)cc2-c2ccccc2)c2cc(C(C)(C)C)cc4c2B3c2ccc(-n3c5ccc(C(C)(C)C)cc5c5cc(C(C)(C)C)ccc53)cc2N4c2cccc3c2sc2c(-c4cccc5c4C4(c6ccccc6-c6ccccc64)c4ccccc4-5)cccc23)cc(C(C)(C)C)c1. The Morgan fingerprint density at radius 3 is 1.27 bits per heavy atom. The summed E-state index contributed by atoms with van der Waals surface area (Å²) in [4.78, 5) is 5.44. The van der Waals surface area contributed by atoms with Gasteiger partial charge >= 0.3 is 0 Å². The molecule has 1 spiro atoms. The molecule has 4 heterocycles. The fraction of sp³-hybridized carbons (Fsp3) is 0.189. The fourth-order valence-electron chi connectivity index (χ4n) is 20.1. The second kappa shape index (κ2) is 25.5. The third-order valence-electron chi connectivity index (χ3n) is 26.2. The molecule has 0 saturated heterocycles. The first-order valence-electron chi connectivity index (χ1n) is 41.6. The van der Waals surface area contributed by atoms with Gasteiger partial charge in [-0.05, 0) is 228 Å². The van der Waals surface area contributed by atoms with E-state index in [9.17, 15) is 0 Å². The molecule has 0 atom stereocenters. The van der Waals surface area contributed by atoms with Crippen molar-refractivity contribution in [3.05, 3.63) is 359 Å². The molecule has 0 bridgehead atoms. The second-order valence-electron chi connectivity index (χ2n) is 38.4. The third kappa shape index (κ3) is 10.8. The molecule has 0 fully saturated rings.